The van der Waals surface area contributed by atoms with Gasteiger partial charge in [0.2, 0.25) is 5.75 Å². The molecule has 1 N–H and O–H groups in total. The summed E-state index contributed by atoms with van der Waals surface area (Å²) in [6, 6.07) is 3.80. The average molecular weight is 346 g/mol. The van der Waals surface area contributed by atoms with Gasteiger partial charge in [-0.2, -0.15) is 0 Å². The van der Waals surface area contributed by atoms with Gasteiger partial charge in [-0.05, 0) is 42.9 Å². The van der Waals surface area contributed by atoms with E-state index in [0.717, 1.165) is 44.2 Å². The van der Waals surface area contributed by atoms with Crippen molar-refractivity contribution in [3.05, 3.63) is 29.8 Å². The zero-order valence-corrected chi connectivity index (χ0v) is 15.4. The number of nitrogens with zero attached hydrogens (tertiary/aromatic N) is 2. The van der Waals surface area contributed by atoms with E-state index >= 15 is 0 Å². The molecule has 1 fully saturated rings. The molecule has 0 amide bonds. The number of rotatable bonds is 6. The van der Waals surface area contributed by atoms with Gasteiger partial charge in [0.05, 0.1) is 14.2 Å². The molecule has 1 aliphatic heterocycles. The second-order valence-corrected chi connectivity index (χ2v) is 7.08. The number of aromatic hydroxyl groups is 1. The standard InChI is InChI=1S/C20H30N2O3/c1-24-18-12-17(13-19(25-2)20(18)23)15-22-10-8-21(9-11-22)14-16-6-4-3-5-7-16/h3-4,12-13,16,23H,5-11,14-15H2,1-2H3/t16-/m0/s1. The van der Waals surface area contributed by atoms with Crippen LogP contribution >= 0.6 is 0 Å². The Labute approximate surface area is 150 Å². The van der Waals surface area contributed by atoms with Gasteiger partial charge in [-0.15, -0.1) is 0 Å². The van der Waals surface area contributed by atoms with Gasteiger partial charge in [0, 0.05) is 39.3 Å². The third-order valence-corrected chi connectivity index (χ3v) is 5.30. The topological polar surface area (TPSA) is 45.2 Å². The maximum absolute atomic E-state index is 10.0. The van der Waals surface area contributed by atoms with Gasteiger partial charge in [0.25, 0.3) is 0 Å². The van der Waals surface area contributed by atoms with Crippen molar-refractivity contribution in [3.63, 3.8) is 0 Å². The van der Waals surface area contributed by atoms with Crippen molar-refractivity contribution in [1.82, 2.24) is 9.80 Å². The predicted octanol–water partition coefficient (Wildman–Crippen LogP) is 2.88. The van der Waals surface area contributed by atoms with Crippen LogP contribution in [0.25, 0.3) is 0 Å². The summed E-state index contributed by atoms with van der Waals surface area (Å²) in [6.07, 6.45) is 8.48. The highest BCUT2D eigenvalue weighted by atomic mass is 16.5. The van der Waals surface area contributed by atoms with Crippen molar-refractivity contribution < 1.29 is 14.6 Å². The van der Waals surface area contributed by atoms with E-state index in [1.54, 1.807) is 14.2 Å². The van der Waals surface area contributed by atoms with E-state index in [1.165, 1.54) is 25.8 Å². The fourth-order valence-electron chi connectivity index (χ4n) is 3.81. The molecule has 5 nitrogen and oxygen atoms in total. The average Bonchev–Trinajstić information content (AvgIpc) is 2.65. The van der Waals surface area contributed by atoms with Crippen LogP contribution in [0, 0.1) is 5.92 Å². The van der Waals surface area contributed by atoms with Crippen LogP contribution < -0.4 is 9.47 Å². The number of ether oxygens (including phenoxy) is 2. The molecule has 1 aromatic rings. The summed E-state index contributed by atoms with van der Waals surface area (Å²) in [4.78, 5) is 5.07. The summed E-state index contributed by atoms with van der Waals surface area (Å²) < 4.78 is 10.5. The maximum Gasteiger partial charge on any atom is 0.200 e. The van der Waals surface area contributed by atoms with Crippen LogP contribution in [0.15, 0.2) is 24.3 Å². The first-order valence-corrected chi connectivity index (χ1v) is 9.23. The van der Waals surface area contributed by atoms with Crippen LogP contribution in [-0.4, -0.2) is 61.8 Å². The molecular weight excluding hydrogens is 316 g/mol. The number of hydrogen-bond donors (Lipinski definition) is 1. The second-order valence-electron chi connectivity index (χ2n) is 7.08. The van der Waals surface area contributed by atoms with Crippen molar-refractivity contribution in [2.45, 2.75) is 25.8 Å². The smallest absolute Gasteiger partial charge is 0.200 e. The van der Waals surface area contributed by atoms with Crippen molar-refractivity contribution in [3.8, 4) is 17.2 Å². The molecule has 1 atom stereocenters. The Bertz CT molecular complexity index is 570. The third kappa shape index (κ3) is 4.67. The number of piperazine rings is 1. The fourth-order valence-corrected chi connectivity index (χ4v) is 3.81. The molecule has 25 heavy (non-hydrogen) atoms. The Balaban J connectivity index is 1.52. The lowest BCUT2D eigenvalue weighted by Crippen LogP contribution is -2.47. The number of allylic oxidation sites excluding steroid dienone is 2. The lowest BCUT2D eigenvalue weighted by molar-refractivity contribution is 0.111. The Morgan fingerprint density at radius 2 is 1.64 bits per heavy atom. The summed E-state index contributed by atoms with van der Waals surface area (Å²) in [5, 5.41) is 10.0. The molecule has 1 heterocycles. The second kappa shape index (κ2) is 8.59. The van der Waals surface area contributed by atoms with Crippen LogP contribution in [0.1, 0.15) is 24.8 Å². The predicted molar refractivity (Wildman–Crippen MR) is 99.4 cm³/mol. The Hall–Kier alpha value is -1.72. The molecule has 5 heteroatoms. The van der Waals surface area contributed by atoms with Gasteiger partial charge in [-0.3, -0.25) is 4.90 Å². The number of phenolic OH excluding ortho intramolecular Hbond substituents is 1. The van der Waals surface area contributed by atoms with E-state index in [4.69, 9.17) is 9.47 Å². The highest BCUT2D eigenvalue weighted by molar-refractivity contribution is 5.52. The van der Waals surface area contributed by atoms with Crippen LogP contribution in [0.2, 0.25) is 0 Å². The maximum atomic E-state index is 10.0. The summed E-state index contributed by atoms with van der Waals surface area (Å²) >= 11 is 0. The largest absolute Gasteiger partial charge is 0.502 e. The monoisotopic (exact) mass is 346 g/mol. The van der Waals surface area contributed by atoms with E-state index in [-0.39, 0.29) is 5.75 Å². The summed E-state index contributed by atoms with van der Waals surface area (Å²) in [7, 11) is 3.13. The Morgan fingerprint density at radius 1 is 1.00 bits per heavy atom. The summed E-state index contributed by atoms with van der Waals surface area (Å²) in [5.74, 6) is 1.85. The van der Waals surface area contributed by atoms with Gasteiger partial charge >= 0.3 is 0 Å². The van der Waals surface area contributed by atoms with Gasteiger partial charge in [0.1, 0.15) is 0 Å². The SMILES string of the molecule is COc1cc(CN2CCN(C[C@H]3CC=CCC3)CC2)cc(OC)c1O. The van der Waals surface area contributed by atoms with Crippen molar-refractivity contribution >= 4 is 0 Å². The summed E-state index contributed by atoms with van der Waals surface area (Å²) in [5.41, 5.74) is 1.11. The van der Waals surface area contributed by atoms with Crippen LogP contribution in [0.4, 0.5) is 0 Å². The molecule has 0 spiro atoms. The number of benzene rings is 1. The minimum Gasteiger partial charge on any atom is -0.502 e. The van der Waals surface area contributed by atoms with Crippen molar-refractivity contribution in [2.24, 2.45) is 5.92 Å². The molecule has 0 bridgehead atoms. The fraction of sp³-hybridized carbons (Fsp3) is 0.600. The first-order valence-electron chi connectivity index (χ1n) is 9.23. The number of methoxy groups -OCH3 is 2. The quantitative estimate of drug-likeness (QED) is 0.803. The van der Waals surface area contributed by atoms with Crippen LogP contribution in [0.3, 0.4) is 0 Å². The lowest BCUT2D eigenvalue weighted by atomic mass is 9.94. The molecule has 1 saturated heterocycles. The molecule has 0 unspecified atom stereocenters. The minimum atomic E-state index is 0.0695. The Kier molecular flexibility index (Phi) is 6.21. The normalized spacial score (nSPS) is 22.1. The van der Waals surface area contributed by atoms with Crippen LogP contribution in [-0.2, 0) is 6.54 Å². The third-order valence-electron chi connectivity index (χ3n) is 5.30. The van der Waals surface area contributed by atoms with Gasteiger partial charge < -0.3 is 19.5 Å². The van der Waals surface area contributed by atoms with Crippen LogP contribution in [0.5, 0.6) is 17.2 Å². The van der Waals surface area contributed by atoms with E-state index in [2.05, 4.69) is 22.0 Å². The van der Waals surface area contributed by atoms with E-state index < -0.39 is 0 Å². The van der Waals surface area contributed by atoms with Gasteiger partial charge in [-0.25, -0.2) is 0 Å². The van der Waals surface area contributed by atoms with E-state index in [1.807, 2.05) is 12.1 Å². The zero-order valence-electron chi connectivity index (χ0n) is 15.4. The van der Waals surface area contributed by atoms with E-state index in [0.29, 0.717) is 11.5 Å². The van der Waals surface area contributed by atoms with Crippen molar-refractivity contribution in [2.75, 3.05) is 46.9 Å². The van der Waals surface area contributed by atoms with Gasteiger partial charge in [-0.1, -0.05) is 12.2 Å². The first-order chi connectivity index (χ1) is 12.2. The molecule has 1 aliphatic carbocycles. The zero-order chi connectivity index (χ0) is 17.6. The van der Waals surface area contributed by atoms with Crippen molar-refractivity contribution in [1.29, 1.82) is 0 Å². The molecule has 0 radical (unpaired) electrons. The Morgan fingerprint density at radius 3 is 2.20 bits per heavy atom. The van der Waals surface area contributed by atoms with Gasteiger partial charge in [0.15, 0.2) is 11.5 Å². The lowest BCUT2D eigenvalue weighted by Gasteiger charge is -2.36. The number of phenols is 1. The minimum absolute atomic E-state index is 0.0695. The van der Waals surface area contributed by atoms with E-state index in [9.17, 15) is 5.11 Å². The molecule has 1 aromatic carbocycles. The highest BCUT2D eigenvalue weighted by Gasteiger charge is 2.21. The number of hydrogen-bond acceptors (Lipinski definition) is 5. The molecule has 3 rings (SSSR count). The molecular formula is C20H30N2O3. The first kappa shape index (κ1) is 18.1. The molecule has 2 aliphatic rings. The highest BCUT2D eigenvalue weighted by Crippen LogP contribution is 2.37. The summed E-state index contributed by atoms with van der Waals surface area (Å²) in [6.45, 7) is 6.51. The molecule has 138 valence electrons. The molecule has 0 aromatic heterocycles. The molecule has 0 saturated carbocycles.